The molecule has 1 heterocycles. The number of pyridine rings is 1. The van der Waals surface area contributed by atoms with Crippen molar-refractivity contribution in [3.63, 3.8) is 0 Å². The molecular weight excluding hydrogens is 304 g/mol. The molecule has 1 aromatic carbocycles. The zero-order valence-corrected chi connectivity index (χ0v) is 13.5. The van der Waals surface area contributed by atoms with Crippen LogP contribution in [0.5, 0.6) is 11.5 Å². The van der Waals surface area contributed by atoms with Gasteiger partial charge in [-0.2, -0.15) is 0 Å². The van der Waals surface area contributed by atoms with Gasteiger partial charge in [-0.3, -0.25) is 0 Å². The smallest absolute Gasteiger partial charge is 0.177 e. The van der Waals surface area contributed by atoms with Gasteiger partial charge in [-0.1, -0.05) is 6.07 Å². The molecule has 0 spiro atoms. The Balaban J connectivity index is 2.07. The van der Waals surface area contributed by atoms with Crippen LogP contribution in [0.1, 0.15) is 5.56 Å². The van der Waals surface area contributed by atoms with Gasteiger partial charge >= 0.3 is 0 Å². The number of hydrogen-bond donors (Lipinski definition) is 1. The van der Waals surface area contributed by atoms with Gasteiger partial charge in [-0.15, -0.1) is 0 Å². The average Bonchev–Trinajstić information content (AvgIpc) is 2.52. The summed E-state index contributed by atoms with van der Waals surface area (Å²) in [4.78, 5) is 4.29. The van der Waals surface area contributed by atoms with E-state index in [2.05, 4.69) is 10.3 Å². The van der Waals surface area contributed by atoms with Gasteiger partial charge in [0.05, 0.1) is 19.1 Å². The quantitative estimate of drug-likeness (QED) is 0.878. The molecular formula is C15H18N2O4S. The summed E-state index contributed by atoms with van der Waals surface area (Å²) in [5.41, 5.74) is 0.992. The van der Waals surface area contributed by atoms with E-state index in [4.69, 9.17) is 9.47 Å². The highest BCUT2D eigenvalue weighted by atomic mass is 32.2. The number of ether oxygens (including phenoxy) is 2. The number of benzene rings is 1. The van der Waals surface area contributed by atoms with Gasteiger partial charge < -0.3 is 14.8 Å². The van der Waals surface area contributed by atoms with Crippen LogP contribution in [0, 0.1) is 0 Å². The van der Waals surface area contributed by atoms with Crippen LogP contribution in [-0.4, -0.2) is 33.9 Å². The first-order chi connectivity index (χ1) is 10.4. The van der Waals surface area contributed by atoms with Crippen LogP contribution in [0.4, 0.5) is 5.82 Å². The highest BCUT2D eigenvalue weighted by molar-refractivity contribution is 7.90. The molecule has 1 aromatic heterocycles. The Morgan fingerprint density at radius 3 is 2.36 bits per heavy atom. The van der Waals surface area contributed by atoms with Gasteiger partial charge in [0.25, 0.3) is 0 Å². The second-order valence-electron chi connectivity index (χ2n) is 4.69. The predicted octanol–water partition coefficient (Wildman–Crippen LogP) is 2.11. The molecule has 7 heteroatoms. The highest BCUT2D eigenvalue weighted by Gasteiger charge is 2.08. The minimum absolute atomic E-state index is 0.198. The molecule has 118 valence electrons. The third-order valence-corrected chi connectivity index (χ3v) is 4.18. The SMILES string of the molecule is COc1ccc(CNc2ccc(S(C)(=O)=O)cn2)cc1OC. The van der Waals surface area contributed by atoms with Crippen LogP contribution in [-0.2, 0) is 16.4 Å². The van der Waals surface area contributed by atoms with E-state index in [-0.39, 0.29) is 4.90 Å². The fraction of sp³-hybridized carbons (Fsp3) is 0.267. The number of hydrogen-bond acceptors (Lipinski definition) is 6. The number of nitrogens with one attached hydrogen (secondary N) is 1. The topological polar surface area (TPSA) is 77.5 Å². The molecule has 2 aromatic rings. The maximum atomic E-state index is 11.4. The van der Waals surface area contributed by atoms with E-state index in [0.717, 1.165) is 11.8 Å². The van der Waals surface area contributed by atoms with E-state index < -0.39 is 9.84 Å². The zero-order chi connectivity index (χ0) is 16.2. The van der Waals surface area contributed by atoms with Crippen LogP contribution < -0.4 is 14.8 Å². The maximum absolute atomic E-state index is 11.4. The Labute approximate surface area is 130 Å². The molecule has 0 radical (unpaired) electrons. The molecule has 0 saturated carbocycles. The summed E-state index contributed by atoms with van der Waals surface area (Å²) in [6.07, 6.45) is 2.49. The van der Waals surface area contributed by atoms with E-state index >= 15 is 0 Å². The van der Waals surface area contributed by atoms with E-state index in [1.165, 1.54) is 12.3 Å². The number of nitrogens with zero attached hydrogens (tertiary/aromatic N) is 1. The number of sulfone groups is 1. The Morgan fingerprint density at radius 1 is 1.09 bits per heavy atom. The maximum Gasteiger partial charge on any atom is 0.177 e. The predicted molar refractivity (Wildman–Crippen MR) is 84.2 cm³/mol. The summed E-state index contributed by atoms with van der Waals surface area (Å²) in [6, 6.07) is 8.78. The largest absolute Gasteiger partial charge is 0.493 e. The summed E-state index contributed by atoms with van der Waals surface area (Å²) < 4.78 is 33.2. The first-order valence-electron chi connectivity index (χ1n) is 6.55. The first kappa shape index (κ1) is 16.1. The molecule has 0 amide bonds. The first-order valence-corrected chi connectivity index (χ1v) is 8.44. The van der Waals surface area contributed by atoms with Gasteiger partial charge in [-0.25, -0.2) is 13.4 Å². The molecule has 0 aliphatic carbocycles. The van der Waals surface area contributed by atoms with Crippen molar-refractivity contribution in [2.75, 3.05) is 25.8 Å². The standard InChI is InChI=1S/C15H18N2O4S/c1-20-13-6-4-11(8-14(13)21-2)9-16-15-7-5-12(10-17-15)22(3,18)19/h4-8,10H,9H2,1-3H3,(H,16,17). The van der Waals surface area contributed by atoms with Crippen molar-refractivity contribution < 1.29 is 17.9 Å². The van der Waals surface area contributed by atoms with Crippen molar-refractivity contribution in [3.8, 4) is 11.5 Å². The molecule has 0 aliphatic rings. The molecule has 1 N–H and O–H groups in total. The molecule has 0 fully saturated rings. The number of rotatable bonds is 6. The van der Waals surface area contributed by atoms with Crippen LogP contribution in [0.2, 0.25) is 0 Å². The molecule has 0 atom stereocenters. The zero-order valence-electron chi connectivity index (χ0n) is 12.7. The third kappa shape index (κ3) is 3.88. The van der Waals surface area contributed by atoms with E-state index in [1.807, 2.05) is 18.2 Å². The van der Waals surface area contributed by atoms with Crippen molar-refractivity contribution in [1.29, 1.82) is 0 Å². The minimum atomic E-state index is -3.22. The minimum Gasteiger partial charge on any atom is -0.493 e. The van der Waals surface area contributed by atoms with E-state index in [9.17, 15) is 8.42 Å². The second kappa shape index (κ2) is 6.65. The Morgan fingerprint density at radius 2 is 1.82 bits per heavy atom. The number of anilines is 1. The Bertz CT molecular complexity index is 743. The summed E-state index contributed by atoms with van der Waals surface area (Å²) in [5.74, 6) is 1.92. The van der Waals surface area contributed by atoms with Crippen molar-refractivity contribution in [1.82, 2.24) is 4.98 Å². The van der Waals surface area contributed by atoms with Crippen molar-refractivity contribution >= 4 is 15.7 Å². The molecule has 0 saturated heterocycles. The van der Waals surface area contributed by atoms with E-state index in [0.29, 0.717) is 23.9 Å². The number of aromatic nitrogens is 1. The summed E-state index contributed by atoms with van der Waals surface area (Å²) >= 11 is 0. The Hall–Kier alpha value is -2.28. The summed E-state index contributed by atoms with van der Waals surface area (Å²) in [6.45, 7) is 0.533. The monoisotopic (exact) mass is 322 g/mol. The van der Waals surface area contributed by atoms with Crippen molar-refractivity contribution in [2.45, 2.75) is 11.4 Å². The lowest BCUT2D eigenvalue weighted by atomic mass is 10.2. The normalized spacial score (nSPS) is 11.0. The molecule has 0 unspecified atom stereocenters. The van der Waals surface area contributed by atoms with E-state index in [1.54, 1.807) is 20.3 Å². The van der Waals surface area contributed by atoms with Crippen LogP contribution >= 0.6 is 0 Å². The van der Waals surface area contributed by atoms with Gasteiger partial charge in [0.1, 0.15) is 5.82 Å². The molecule has 2 rings (SSSR count). The molecule has 6 nitrogen and oxygen atoms in total. The fourth-order valence-corrected chi connectivity index (χ4v) is 2.45. The van der Waals surface area contributed by atoms with Gasteiger partial charge in [-0.05, 0) is 29.8 Å². The van der Waals surface area contributed by atoms with Gasteiger partial charge in [0.2, 0.25) is 0 Å². The molecule has 0 bridgehead atoms. The lowest BCUT2D eigenvalue weighted by Gasteiger charge is -2.10. The Kier molecular flexibility index (Phi) is 4.87. The van der Waals surface area contributed by atoms with Crippen molar-refractivity contribution in [3.05, 3.63) is 42.1 Å². The van der Waals surface area contributed by atoms with Crippen molar-refractivity contribution in [2.24, 2.45) is 0 Å². The third-order valence-electron chi connectivity index (χ3n) is 3.09. The van der Waals surface area contributed by atoms with Crippen LogP contribution in [0.3, 0.4) is 0 Å². The van der Waals surface area contributed by atoms with Gasteiger partial charge in [0, 0.05) is 19.0 Å². The summed E-state index contributed by atoms with van der Waals surface area (Å²) in [5, 5.41) is 3.13. The average molecular weight is 322 g/mol. The summed E-state index contributed by atoms with van der Waals surface area (Å²) in [7, 11) is -0.0539. The highest BCUT2D eigenvalue weighted by Crippen LogP contribution is 2.27. The van der Waals surface area contributed by atoms with Crippen LogP contribution in [0.15, 0.2) is 41.4 Å². The second-order valence-corrected chi connectivity index (χ2v) is 6.71. The number of methoxy groups -OCH3 is 2. The fourth-order valence-electron chi connectivity index (χ4n) is 1.89. The molecule has 0 aliphatic heterocycles. The molecule has 22 heavy (non-hydrogen) atoms. The lowest BCUT2D eigenvalue weighted by molar-refractivity contribution is 0.354. The van der Waals surface area contributed by atoms with Gasteiger partial charge in [0.15, 0.2) is 21.3 Å². The lowest BCUT2D eigenvalue weighted by Crippen LogP contribution is -2.03. The van der Waals surface area contributed by atoms with Crippen LogP contribution in [0.25, 0.3) is 0 Å².